The molecule has 2 aromatic rings. The lowest BCUT2D eigenvalue weighted by molar-refractivity contribution is 0.0266. The van der Waals surface area contributed by atoms with Gasteiger partial charge in [-0.15, -0.1) is 0 Å². The van der Waals surface area contributed by atoms with Gasteiger partial charge in [-0.3, -0.25) is 9.59 Å². The van der Waals surface area contributed by atoms with E-state index in [1.54, 1.807) is 11.0 Å². The highest BCUT2D eigenvalue weighted by Gasteiger charge is 2.36. The second-order valence-corrected chi connectivity index (χ2v) is 9.46. The van der Waals surface area contributed by atoms with Crippen molar-refractivity contribution in [2.24, 2.45) is 0 Å². The van der Waals surface area contributed by atoms with Gasteiger partial charge in [-0.05, 0) is 63.3 Å². The van der Waals surface area contributed by atoms with Crippen molar-refractivity contribution in [2.75, 3.05) is 19.6 Å². The SMILES string of the molecule is CCN1CCCCCCN(C(=O)c2cc(F)cc(F)c2)[C@@H]2CCCC[C@@H]2Oc2ccccc2C1=O. The Morgan fingerprint density at radius 3 is 2.37 bits per heavy atom. The summed E-state index contributed by atoms with van der Waals surface area (Å²) in [6.07, 6.45) is 6.57. The third kappa shape index (κ3) is 6.00. The van der Waals surface area contributed by atoms with Gasteiger partial charge in [-0.1, -0.05) is 31.4 Å². The van der Waals surface area contributed by atoms with E-state index in [-0.39, 0.29) is 29.5 Å². The Morgan fingerprint density at radius 1 is 0.943 bits per heavy atom. The fourth-order valence-electron chi connectivity index (χ4n) is 5.25. The summed E-state index contributed by atoms with van der Waals surface area (Å²) >= 11 is 0. The minimum absolute atomic E-state index is 0.0158. The maximum Gasteiger partial charge on any atom is 0.257 e. The van der Waals surface area contributed by atoms with Gasteiger partial charge in [0.2, 0.25) is 0 Å². The molecule has 1 fully saturated rings. The van der Waals surface area contributed by atoms with Crippen LogP contribution in [0.15, 0.2) is 42.5 Å². The molecule has 1 aliphatic heterocycles. The molecule has 0 saturated heterocycles. The van der Waals surface area contributed by atoms with E-state index in [2.05, 4.69) is 0 Å². The van der Waals surface area contributed by atoms with Crippen LogP contribution < -0.4 is 4.74 Å². The zero-order chi connectivity index (χ0) is 24.8. The van der Waals surface area contributed by atoms with Gasteiger partial charge in [0, 0.05) is 31.3 Å². The smallest absolute Gasteiger partial charge is 0.257 e. The highest BCUT2D eigenvalue weighted by atomic mass is 19.1. The molecule has 35 heavy (non-hydrogen) atoms. The molecular formula is C28H34F2N2O3. The lowest BCUT2D eigenvalue weighted by Crippen LogP contribution is -2.51. The molecule has 0 aromatic heterocycles. The van der Waals surface area contributed by atoms with Crippen LogP contribution in [0.2, 0.25) is 0 Å². The molecule has 2 atom stereocenters. The molecule has 5 nitrogen and oxygen atoms in total. The number of benzene rings is 2. The summed E-state index contributed by atoms with van der Waals surface area (Å²) in [7, 11) is 0. The zero-order valence-corrected chi connectivity index (χ0v) is 20.3. The first-order valence-corrected chi connectivity index (χ1v) is 12.8. The van der Waals surface area contributed by atoms with Crippen LogP contribution in [0.1, 0.15) is 79.0 Å². The maximum atomic E-state index is 13.9. The topological polar surface area (TPSA) is 49.9 Å². The van der Waals surface area contributed by atoms with E-state index < -0.39 is 11.6 Å². The first-order chi connectivity index (χ1) is 17.0. The minimum Gasteiger partial charge on any atom is -0.487 e. The molecular weight excluding hydrogens is 450 g/mol. The molecule has 2 amide bonds. The lowest BCUT2D eigenvalue weighted by Gasteiger charge is -2.40. The van der Waals surface area contributed by atoms with Crippen LogP contribution in [-0.4, -0.2) is 53.4 Å². The third-order valence-electron chi connectivity index (χ3n) is 7.08. The van der Waals surface area contributed by atoms with E-state index in [0.717, 1.165) is 69.6 Å². The van der Waals surface area contributed by atoms with Gasteiger partial charge in [0.15, 0.2) is 0 Å². The predicted octanol–water partition coefficient (Wildman–Crippen LogP) is 5.83. The molecule has 0 radical (unpaired) electrons. The molecule has 2 aromatic carbocycles. The second kappa shape index (κ2) is 11.6. The standard InChI is InChI=1S/C28H34F2N2O3/c1-2-31-15-9-3-4-10-16-32(27(33)20-17-21(29)19-22(30)18-20)24-12-6-8-14-26(24)35-25-13-7-5-11-23(25)28(31)34/h5,7,11,13,17-19,24,26H,2-4,6,8-10,12,14-16H2,1H3/t24-,26+/m1/s1. The Bertz CT molecular complexity index is 1020. The zero-order valence-electron chi connectivity index (χ0n) is 20.3. The number of rotatable bonds is 2. The van der Waals surface area contributed by atoms with Crippen molar-refractivity contribution in [1.82, 2.24) is 9.80 Å². The van der Waals surface area contributed by atoms with Gasteiger partial charge in [-0.2, -0.15) is 0 Å². The molecule has 7 heteroatoms. The fourth-order valence-corrected chi connectivity index (χ4v) is 5.25. The molecule has 188 valence electrons. The van der Waals surface area contributed by atoms with Crippen molar-refractivity contribution in [3.63, 3.8) is 0 Å². The van der Waals surface area contributed by atoms with Crippen molar-refractivity contribution in [2.45, 2.75) is 70.4 Å². The number of fused-ring (bicyclic) bond motifs is 2. The first kappa shape index (κ1) is 25.1. The molecule has 4 rings (SSSR count). The number of halogens is 2. The third-order valence-corrected chi connectivity index (χ3v) is 7.08. The Kier molecular flexibility index (Phi) is 8.37. The molecule has 1 heterocycles. The summed E-state index contributed by atoms with van der Waals surface area (Å²) < 4.78 is 34.3. The summed E-state index contributed by atoms with van der Waals surface area (Å²) in [5, 5.41) is 0. The number of nitrogens with zero attached hydrogens (tertiary/aromatic N) is 2. The molecule has 0 bridgehead atoms. The highest BCUT2D eigenvalue weighted by Crippen LogP contribution is 2.31. The van der Waals surface area contributed by atoms with Crippen molar-refractivity contribution in [1.29, 1.82) is 0 Å². The summed E-state index contributed by atoms with van der Waals surface area (Å²) in [5.41, 5.74) is 0.544. The number of carbonyl (C=O) groups excluding carboxylic acids is 2. The van der Waals surface area contributed by atoms with Gasteiger partial charge < -0.3 is 14.5 Å². The Labute approximate surface area is 206 Å². The Morgan fingerprint density at radius 2 is 1.63 bits per heavy atom. The monoisotopic (exact) mass is 484 g/mol. The Balaban J connectivity index is 1.69. The minimum atomic E-state index is -0.764. The summed E-state index contributed by atoms with van der Waals surface area (Å²) in [4.78, 5) is 30.5. The highest BCUT2D eigenvalue weighted by molar-refractivity contribution is 5.97. The van der Waals surface area contributed by atoms with E-state index in [1.165, 1.54) is 0 Å². The number of carbonyl (C=O) groups is 2. The molecule has 1 aliphatic carbocycles. The second-order valence-electron chi connectivity index (χ2n) is 9.46. The quantitative estimate of drug-likeness (QED) is 0.539. The number of hydrogen-bond donors (Lipinski definition) is 0. The van der Waals surface area contributed by atoms with Crippen LogP contribution in [0.5, 0.6) is 5.75 Å². The summed E-state index contributed by atoms with van der Waals surface area (Å²) in [6, 6.07) is 10.0. The van der Waals surface area contributed by atoms with E-state index in [0.29, 0.717) is 30.9 Å². The predicted molar refractivity (Wildman–Crippen MR) is 131 cm³/mol. The molecule has 1 saturated carbocycles. The van der Waals surface area contributed by atoms with Crippen LogP contribution in [-0.2, 0) is 0 Å². The van der Waals surface area contributed by atoms with Crippen molar-refractivity contribution < 1.29 is 23.1 Å². The number of hydrogen-bond acceptors (Lipinski definition) is 3. The van der Waals surface area contributed by atoms with Crippen LogP contribution in [0.3, 0.4) is 0 Å². The van der Waals surface area contributed by atoms with Gasteiger partial charge in [-0.25, -0.2) is 8.78 Å². The van der Waals surface area contributed by atoms with Gasteiger partial charge in [0.05, 0.1) is 11.6 Å². The summed E-state index contributed by atoms with van der Waals surface area (Å²) in [6.45, 7) is 3.78. The number of ether oxygens (including phenoxy) is 1. The van der Waals surface area contributed by atoms with Gasteiger partial charge >= 0.3 is 0 Å². The van der Waals surface area contributed by atoms with E-state index in [1.807, 2.05) is 30.0 Å². The number of para-hydroxylation sites is 1. The molecule has 2 aliphatic rings. The van der Waals surface area contributed by atoms with Crippen molar-refractivity contribution in [3.05, 3.63) is 65.2 Å². The number of amides is 2. The molecule has 0 unspecified atom stereocenters. The average molecular weight is 485 g/mol. The van der Waals surface area contributed by atoms with Crippen LogP contribution >= 0.6 is 0 Å². The largest absolute Gasteiger partial charge is 0.487 e. The molecule has 0 spiro atoms. The van der Waals surface area contributed by atoms with Crippen LogP contribution in [0, 0.1) is 11.6 Å². The van der Waals surface area contributed by atoms with Crippen molar-refractivity contribution >= 4 is 11.8 Å². The Hall–Kier alpha value is -2.96. The maximum absolute atomic E-state index is 13.9. The van der Waals surface area contributed by atoms with Crippen LogP contribution in [0.25, 0.3) is 0 Å². The van der Waals surface area contributed by atoms with E-state index in [9.17, 15) is 18.4 Å². The van der Waals surface area contributed by atoms with E-state index in [4.69, 9.17) is 4.74 Å². The molecule has 0 N–H and O–H groups in total. The lowest BCUT2D eigenvalue weighted by atomic mass is 9.90. The first-order valence-electron chi connectivity index (χ1n) is 12.8. The normalized spacial score (nSPS) is 22.0. The van der Waals surface area contributed by atoms with E-state index >= 15 is 0 Å². The average Bonchev–Trinajstić information content (AvgIpc) is 2.85. The fraction of sp³-hybridized carbons (Fsp3) is 0.500. The van der Waals surface area contributed by atoms with Crippen molar-refractivity contribution in [3.8, 4) is 5.75 Å². The van der Waals surface area contributed by atoms with Gasteiger partial charge in [0.25, 0.3) is 11.8 Å². The van der Waals surface area contributed by atoms with Crippen LogP contribution in [0.4, 0.5) is 8.78 Å². The summed E-state index contributed by atoms with van der Waals surface area (Å²) in [5.74, 6) is -1.43. The van der Waals surface area contributed by atoms with Gasteiger partial charge in [0.1, 0.15) is 23.5 Å².